The number of carbonyl (C=O) groups is 2. The van der Waals surface area contributed by atoms with E-state index in [1.165, 1.54) is 11.3 Å². The number of amides is 3. The van der Waals surface area contributed by atoms with E-state index < -0.39 is 0 Å². The van der Waals surface area contributed by atoms with E-state index in [4.69, 9.17) is 5.73 Å². The molecule has 0 saturated heterocycles. The van der Waals surface area contributed by atoms with Crippen molar-refractivity contribution < 1.29 is 9.59 Å². The van der Waals surface area contributed by atoms with Gasteiger partial charge in [0.1, 0.15) is 5.01 Å². The van der Waals surface area contributed by atoms with E-state index in [0.29, 0.717) is 24.0 Å². The van der Waals surface area contributed by atoms with Crippen molar-refractivity contribution in [3.8, 4) is 0 Å². The number of hydrogen-bond acceptors (Lipinski definition) is 8. The molecule has 0 aliphatic carbocycles. The van der Waals surface area contributed by atoms with Crippen LogP contribution in [0, 0.1) is 0 Å². The maximum absolute atomic E-state index is 12.3. The van der Waals surface area contributed by atoms with Crippen molar-refractivity contribution >= 4 is 34.2 Å². The fourth-order valence-electron chi connectivity index (χ4n) is 3.08. The van der Waals surface area contributed by atoms with Gasteiger partial charge in [0.2, 0.25) is 11.0 Å². The number of benzene rings is 1. The van der Waals surface area contributed by atoms with Crippen molar-refractivity contribution in [3.63, 3.8) is 0 Å². The van der Waals surface area contributed by atoms with Crippen molar-refractivity contribution in [2.24, 2.45) is 5.73 Å². The van der Waals surface area contributed by atoms with Gasteiger partial charge in [-0.15, -0.1) is 15.3 Å². The number of nitrogens with one attached hydrogen (secondary N) is 3. The lowest BCUT2D eigenvalue weighted by atomic mass is 10.1. The molecule has 174 valence electrons. The quantitative estimate of drug-likeness (QED) is 0.316. The standard InChI is InChI=1S/C22H28N8O2S/c1-2-24-21(32)25-18-11-10-17(27-28-18)8-3-4-9-20-29-30-22(33-20)26-19(31)13-15-6-5-7-16(12-15)14-23/h5-7,10-12H,2-4,8-9,13-14,23H2,1H3,(H,26,30,31)(H2,24,25,28,32). The van der Waals surface area contributed by atoms with Gasteiger partial charge in [-0.1, -0.05) is 35.6 Å². The molecule has 0 fully saturated rings. The molecule has 2 aromatic heterocycles. The van der Waals surface area contributed by atoms with E-state index in [0.717, 1.165) is 47.5 Å². The molecule has 3 rings (SSSR count). The lowest BCUT2D eigenvalue weighted by molar-refractivity contribution is -0.115. The van der Waals surface area contributed by atoms with E-state index in [2.05, 4.69) is 36.3 Å². The second-order valence-corrected chi connectivity index (χ2v) is 8.41. The predicted octanol–water partition coefficient (Wildman–Crippen LogP) is 2.67. The van der Waals surface area contributed by atoms with Crippen LogP contribution >= 0.6 is 11.3 Å². The molecule has 3 amide bonds. The number of rotatable bonds is 11. The van der Waals surface area contributed by atoms with Gasteiger partial charge in [0.15, 0.2) is 5.82 Å². The van der Waals surface area contributed by atoms with E-state index in [1.807, 2.05) is 37.3 Å². The van der Waals surface area contributed by atoms with Gasteiger partial charge in [-0.3, -0.25) is 10.1 Å². The zero-order valence-electron chi connectivity index (χ0n) is 18.5. The number of nitrogens with two attached hydrogens (primary N) is 1. The SMILES string of the molecule is CCNC(=O)Nc1ccc(CCCCc2nnc(NC(=O)Cc3cccc(CN)c3)s2)nn1. The molecule has 0 aliphatic heterocycles. The number of aryl methyl sites for hydroxylation is 2. The van der Waals surface area contributed by atoms with Crippen molar-refractivity contribution in [1.82, 2.24) is 25.7 Å². The molecular formula is C22H28N8O2S. The predicted molar refractivity (Wildman–Crippen MR) is 128 cm³/mol. The Kier molecular flexibility index (Phi) is 9.21. The molecule has 5 N–H and O–H groups in total. The van der Waals surface area contributed by atoms with Gasteiger partial charge in [-0.05, 0) is 49.4 Å². The molecule has 33 heavy (non-hydrogen) atoms. The first-order valence-electron chi connectivity index (χ1n) is 10.8. The smallest absolute Gasteiger partial charge is 0.320 e. The molecule has 2 heterocycles. The molecule has 10 nitrogen and oxygen atoms in total. The van der Waals surface area contributed by atoms with Crippen LogP contribution in [0.2, 0.25) is 0 Å². The Hall–Kier alpha value is -3.44. The number of nitrogens with zero attached hydrogens (tertiary/aromatic N) is 4. The summed E-state index contributed by atoms with van der Waals surface area (Å²) in [6.45, 7) is 2.84. The average Bonchev–Trinajstić information content (AvgIpc) is 3.25. The summed E-state index contributed by atoms with van der Waals surface area (Å²) in [6.07, 6.45) is 3.64. The molecule has 0 saturated carbocycles. The van der Waals surface area contributed by atoms with Crippen LogP contribution in [0.5, 0.6) is 0 Å². The Morgan fingerprint density at radius 1 is 0.970 bits per heavy atom. The average molecular weight is 469 g/mol. The minimum atomic E-state index is -0.298. The largest absolute Gasteiger partial charge is 0.338 e. The normalized spacial score (nSPS) is 10.6. The lowest BCUT2D eigenvalue weighted by Crippen LogP contribution is -2.28. The summed E-state index contributed by atoms with van der Waals surface area (Å²) in [5.74, 6) is 0.288. The second-order valence-electron chi connectivity index (χ2n) is 7.35. The summed E-state index contributed by atoms with van der Waals surface area (Å²) < 4.78 is 0. The molecule has 1 aromatic carbocycles. The van der Waals surface area contributed by atoms with E-state index >= 15 is 0 Å². The Bertz CT molecular complexity index is 1050. The Morgan fingerprint density at radius 2 is 1.79 bits per heavy atom. The third-order valence-electron chi connectivity index (χ3n) is 4.68. The lowest BCUT2D eigenvalue weighted by Gasteiger charge is -2.05. The van der Waals surface area contributed by atoms with Gasteiger partial charge in [0.05, 0.1) is 12.1 Å². The van der Waals surface area contributed by atoms with Crippen molar-refractivity contribution in [2.75, 3.05) is 17.2 Å². The van der Waals surface area contributed by atoms with Crippen LogP contribution in [0.4, 0.5) is 15.7 Å². The van der Waals surface area contributed by atoms with E-state index in [1.54, 1.807) is 6.07 Å². The first-order chi connectivity index (χ1) is 16.1. The highest BCUT2D eigenvalue weighted by Crippen LogP contribution is 2.18. The maximum atomic E-state index is 12.3. The monoisotopic (exact) mass is 468 g/mol. The summed E-state index contributed by atoms with van der Waals surface area (Å²) in [6, 6.07) is 11.0. The van der Waals surface area contributed by atoms with Gasteiger partial charge in [0, 0.05) is 19.5 Å². The molecule has 0 bridgehead atoms. The molecular weight excluding hydrogens is 440 g/mol. The zero-order valence-corrected chi connectivity index (χ0v) is 19.3. The third kappa shape index (κ3) is 8.20. The Balaban J connectivity index is 1.37. The van der Waals surface area contributed by atoms with E-state index in [9.17, 15) is 9.59 Å². The Labute approximate surface area is 196 Å². The van der Waals surface area contributed by atoms with Crippen LogP contribution < -0.4 is 21.7 Å². The van der Waals surface area contributed by atoms with Crippen molar-refractivity contribution in [1.29, 1.82) is 0 Å². The highest BCUT2D eigenvalue weighted by atomic mass is 32.1. The van der Waals surface area contributed by atoms with Gasteiger partial charge >= 0.3 is 6.03 Å². The van der Waals surface area contributed by atoms with Crippen LogP contribution in [0.15, 0.2) is 36.4 Å². The number of aromatic nitrogens is 4. The third-order valence-corrected chi connectivity index (χ3v) is 5.58. The summed E-state index contributed by atoms with van der Waals surface area (Å²) in [7, 11) is 0. The molecule has 11 heteroatoms. The minimum absolute atomic E-state index is 0.129. The molecule has 0 unspecified atom stereocenters. The van der Waals surface area contributed by atoms with Gasteiger partial charge in [-0.25, -0.2) is 4.79 Å². The fraction of sp³-hybridized carbons (Fsp3) is 0.364. The first kappa shape index (κ1) is 24.2. The fourth-order valence-corrected chi connectivity index (χ4v) is 3.88. The summed E-state index contributed by atoms with van der Waals surface area (Å²) in [4.78, 5) is 23.8. The zero-order chi connectivity index (χ0) is 23.5. The van der Waals surface area contributed by atoms with Crippen LogP contribution in [0.3, 0.4) is 0 Å². The van der Waals surface area contributed by atoms with Crippen LogP contribution in [0.1, 0.15) is 41.6 Å². The highest BCUT2D eigenvalue weighted by Gasteiger charge is 2.10. The second kappa shape index (κ2) is 12.6. The Morgan fingerprint density at radius 3 is 2.55 bits per heavy atom. The van der Waals surface area contributed by atoms with Gasteiger partial charge in [0.25, 0.3) is 0 Å². The molecule has 0 atom stereocenters. The molecule has 3 aromatic rings. The number of carbonyl (C=O) groups excluding carboxylic acids is 2. The van der Waals surface area contributed by atoms with Gasteiger partial charge < -0.3 is 16.4 Å². The van der Waals surface area contributed by atoms with E-state index in [-0.39, 0.29) is 18.4 Å². The first-order valence-corrected chi connectivity index (χ1v) is 11.6. The topological polar surface area (TPSA) is 148 Å². The molecule has 0 spiro atoms. The number of urea groups is 1. The maximum Gasteiger partial charge on any atom is 0.320 e. The van der Waals surface area contributed by atoms with Gasteiger partial charge in [-0.2, -0.15) is 5.10 Å². The number of hydrogen-bond donors (Lipinski definition) is 4. The van der Waals surface area contributed by atoms with Crippen molar-refractivity contribution in [3.05, 3.63) is 58.2 Å². The molecule has 0 aliphatic rings. The minimum Gasteiger partial charge on any atom is -0.338 e. The number of anilines is 2. The summed E-state index contributed by atoms with van der Waals surface area (Å²) in [5.41, 5.74) is 8.42. The number of unbranched alkanes of at least 4 members (excludes halogenated alkanes) is 1. The molecule has 0 radical (unpaired) electrons. The summed E-state index contributed by atoms with van der Waals surface area (Å²) in [5, 5.41) is 25.9. The van der Waals surface area contributed by atoms with Crippen LogP contribution in [0.25, 0.3) is 0 Å². The van der Waals surface area contributed by atoms with Crippen molar-refractivity contribution in [2.45, 2.75) is 45.6 Å². The van der Waals surface area contributed by atoms with Crippen LogP contribution in [-0.2, 0) is 30.6 Å². The summed E-state index contributed by atoms with van der Waals surface area (Å²) >= 11 is 1.39. The highest BCUT2D eigenvalue weighted by molar-refractivity contribution is 7.15. The van der Waals surface area contributed by atoms with Crippen LogP contribution in [-0.4, -0.2) is 38.9 Å².